The minimum absolute atomic E-state index is 0.0992. The maximum Gasteiger partial charge on any atom is 0.241 e. The number of nitrogens with zero attached hydrogens (tertiary/aromatic N) is 1. The fourth-order valence-corrected chi connectivity index (χ4v) is 2.54. The second-order valence-electron chi connectivity index (χ2n) is 5.31. The first-order valence-electron chi connectivity index (χ1n) is 7.00. The Morgan fingerprint density at radius 3 is 2.58 bits per heavy atom. The zero-order valence-electron chi connectivity index (χ0n) is 11.5. The van der Waals surface area contributed by atoms with Gasteiger partial charge < -0.3 is 16.0 Å². The second-order valence-corrected chi connectivity index (χ2v) is 5.31. The average molecular weight is 261 g/mol. The molecule has 1 aromatic rings. The molecule has 0 spiro atoms. The standard InChI is InChI=1S/C15H23N3O/c1-12(11-18-9-5-6-10-18)17-15(19)14(16)13-7-3-2-4-8-13/h2-4,7-8,12,14H,5-6,9-11,16H2,1H3,(H,17,19)/t12?,14-/m0/s1. The van der Waals surface area contributed by atoms with Crippen LogP contribution in [0.4, 0.5) is 0 Å². The molecule has 0 aromatic heterocycles. The molecule has 1 saturated heterocycles. The number of nitrogens with two attached hydrogens (primary N) is 1. The van der Waals surface area contributed by atoms with Crippen LogP contribution < -0.4 is 11.1 Å². The largest absolute Gasteiger partial charge is 0.351 e. The van der Waals surface area contributed by atoms with Gasteiger partial charge in [-0.15, -0.1) is 0 Å². The number of benzene rings is 1. The lowest BCUT2D eigenvalue weighted by atomic mass is 10.1. The Labute approximate surface area is 115 Å². The summed E-state index contributed by atoms with van der Waals surface area (Å²) in [4.78, 5) is 14.5. The van der Waals surface area contributed by atoms with Crippen molar-refractivity contribution in [2.75, 3.05) is 19.6 Å². The van der Waals surface area contributed by atoms with Crippen LogP contribution in [-0.4, -0.2) is 36.5 Å². The van der Waals surface area contributed by atoms with Crippen molar-refractivity contribution in [1.29, 1.82) is 0 Å². The van der Waals surface area contributed by atoms with Gasteiger partial charge in [-0.3, -0.25) is 4.79 Å². The summed E-state index contributed by atoms with van der Waals surface area (Å²) in [5.41, 5.74) is 6.82. The lowest BCUT2D eigenvalue weighted by Gasteiger charge is -2.22. The van der Waals surface area contributed by atoms with Gasteiger partial charge >= 0.3 is 0 Å². The lowest BCUT2D eigenvalue weighted by Crippen LogP contribution is -2.44. The van der Waals surface area contributed by atoms with Crippen LogP contribution in [0.3, 0.4) is 0 Å². The van der Waals surface area contributed by atoms with E-state index in [-0.39, 0.29) is 11.9 Å². The summed E-state index contributed by atoms with van der Waals surface area (Å²) >= 11 is 0. The van der Waals surface area contributed by atoms with Gasteiger partial charge in [-0.25, -0.2) is 0 Å². The quantitative estimate of drug-likeness (QED) is 0.839. The van der Waals surface area contributed by atoms with E-state index in [4.69, 9.17) is 5.73 Å². The highest BCUT2D eigenvalue weighted by molar-refractivity contribution is 5.83. The summed E-state index contributed by atoms with van der Waals surface area (Å²) in [5.74, 6) is -0.0992. The number of carbonyl (C=O) groups is 1. The van der Waals surface area contributed by atoms with Gasteiger partial charge in [0, 0.05) is 12.6 Å². The molecule has 0 aliphatic carbocycles. The Balaban J connectivity index is 1.82. The molecule has 19 heavy (non-hydrogen) atoms. The molecule has 1 amide bonds. The Morgan fingerprint density at radius 2 is 1.95 bits per heavy atom. The normalized spacial score (nSPS) is 19.1. The fraction of sp³-hybridized carbons (Fsp3) is 0.533. The summed E-state index contributed by atoms with van der Waals surface area (Å²) in [6.45, 7) is 5.23. The zero-order chi connectivity index (χ0) is 13.7. The van der Waals surface area contributed by atoms with E-state index in [0.29, 0.717) is 0 Å². The number of hydrogen-bond donors (Lipinski definition) is 2. The average Bonchev–Trinajstić information content (AvgIpc) is 2.91. The molecule has 0 radical (unpaired) electrons. The van der Waals surface area contributed by atoms with Gasteiger partial charge in [0.25, 0.3) is 0 Å². The van der Waals surface area contributed by atoms with Gasteiger partial charge in [0.1, 0.15) is 6.04 Å². The van der Waals surface area contributed by atoms with Crippen LogP contribution in [0.1, 0.15) is 31.4 Å². The Hall–Kier alpha value is -1.39. The highest BCUT2D eigenvalue weighted by Crippen LogP contribution is 2.11. The molecule has 4 heteroatoms. The highest BCUT2D eigenvalue weighted by Gasteiger charge is 2.19. The predicted molar refractivity (Wildman–Crippen MR) is 76.6 cm³/mol. The van der Waals surface area contributed by atoms with E-state index in [2.05, 4.69) is 10.2 Å². The van der Waals surface area contributed by atoms with Crippen molar-refractivity contribution < 1.29 is 4.79 Å². The number of likely N-dealkylation sites (tertiary alicyclic amines) is 1. The number of carbonyl (C=O) groups excluding carboxylic acids is 1. The molecular weight excluding hydrogens is 238 g/mol. The third kappa shape index (κ3) is 4.04. The van der Waals surface area contributed by atoms with E-state index in [0.717, 1.165) is 25.2 Å². The van der Waals surface area contributed by atoms with Crippen LogP contribution in [0.5, 0.6) is 0 Å². The summed E-state index contributed by atoms with van der Waals surface area (Å²) in [6.07, 6.45) is 2.54. The smallest absolute Gasteiger partial charge is 0.241 e. The third-order valence-corrected chi connectivity index (χ3v) is 3.56. The van der Waals surface area contributed by atoms with Crippen molar-refractivity contribution >= 4 is 5.91 Å². The van der Waals surface area contributed by atoms with E-state index in [1.165, 1.54) is 12.8 Å². The van der Waals surface area contributed by atoms with E-state index < -0.39 is 6.04 Å². The van der Waals surface area contributed by atoms with Crippen molar-refractivity contribution in [3.8, 4) is 0 Å². The minimum Gasteiger partial charge on any atom is -0.351 e. The van der Waals surface area contributed by atoms with Gasteiger partial charge in [-0.05, 0) is 38.4 Å². The minimum atomic E-state index is -0.581. The van der Waals surface area contributed by atoms with Crippen molar-refractivity contribution in [1.82, 2.24) is 10.2 Å². The Morgan fingerprint density at radius 1 is 1.32 bits per heavy atom. The Kier molecular flexibility index (Phi) is 4.93. The first kappa shape index (κ1) is 14.0. The van der Waals surface area contributed by atoms with E-state index in [1.54, 1.807) is 0 Å². The van der Waals surface area contributed by atoms with Crippen LogP contribution in [-0.2, 0) is 4.79 Å². The van der Waals surface area contributed by atoms with E-state index >= 15 is 0 Å². The van der Waals surface area contributed by atoms with E-state index in [9.17, 15) is 4.79 Å². The van der Waals surface area contributed by atoms with Crippen LogP contribution in [0.2, 0.25) is 0 Å². The predicted octanol–water partition coefficient (Wildman–Crippen LogP) is 1.29. The molecule has 1 aromatic carbocycles. The van der Waals surface area contributed by atoms with Crippen LogP contribution in [0.25, 0.3) is 0 Å². The molecule has 0 bridgehead atoms. The maximum atomic E-state index is 12.1. The molecule has 3 N–H and O–H groups in total. The van der Waals surface area contributed by atoms with Gasteiger partial charge in [-0.2, -0.15) is 0 Å². The van der Waals surface area contributed by atoms with Crippen molar-refractivity contribution in [2.24, 2.45) is 5.73 Å². The van der Waals surface area contributed by atoms with Gasteiger partial charge in [0.15, 0.2) is 0 Å². The van der Waals surface area contributed by atoms with E-state index in [1.807, 2.05) is 37.3 Å². The topological polar surface area (TPSA) is 58.4 Å². The number of rotatable bonds is 5. The Bertz CT molecular complexity index is 401. The molecule has 1 heterocycles. The molecule has 2 rings (SSSR count). The number of nitrogens with one attached hydrogen (secondary N) is 1. The van der Waals surface area contributed by atoms with Gasteiger partial charge in [0.05, 0.1) is 0 Å². The SMILES string of the molecule is CC(CN1CCCC1)NC(=O)[C@@H](N)c1ccccc1. The lowest BCUT2D eigenvalue weighted by molar-refractivity contribution is -0.123. The summed E-state index contributed by atoms with van der Waals surface area (Å²) in [6, 6.07) is 9.05. The maximum absolute atomic E-state index is 12.1. The first-order valence-corrected chi connectivity index (χ1v) is 7.00. The van der Waals surface area contributed by atoms with Crippen molar-refractivity contribution in [3.05, 3.63) is 35.9 Å². The van der Waals surface area contributed by atoms with Crippen LogP contribution in [0, 0.1) is 0 Å². The second kappa shape index (κ2) is 6.68. The molecule has 1 aliphatic heterocycles. The molecular formula is C15H23N3O. The molecule has 2 atom stereocenters. The molecule has 1 unspecified atom stereocenters. The molecule has 1 fully saturated rings. The summed E-state index contributed by atoms with van der Waals surface area (Å²) in [5, 5.41) is 3.00. The molecule has 4 nitrogen and oxygen atoms in total. The first-order chi connectivity index (χ1) is 9.16. The summed E-state index contributed by atoms with van der Waals surface area (Å²) in [7, 11) is 0. The number of hydrogen-bond acceptors (Lipinski definition) is 3. The van der Waals surface area contributed by atoms with Gasteiger partial charge in [0.2, 0.25) is 5.91 Å². The number of amides is 1. The van der Waals surface area contributed by atoms with Gasteiger partial charge in [-0.1, -0.05) is 30.3 Å². The molecule has 1 aliphatic rings. The summed E-state index contributed by atoms with van der Waals surface area (Å²) < 4.78 is 0. The monoisotopic (exact) mass is 261 g/mol. The molecule has 0 saturated carbocycles. The molecule has 104 valence electrons. The van der Waals surface area contributed by atoms with Crippen molar-refractivity contribution in [2.45, 2.75) is 31.8 Å². The van der Waals surface area contributed by atoms with Crippen molar-refractivity contribution in [3.63, 3.8) is 0 Å². The fourth-order valence-electron chi connectivity index (χ4n) is 2.54. The van der Waals surface area contributed by atoms with Crippen LogP contribution in [0.15, 0.2) is 30.3 Å². The van der Waals surface area contributed by atoms with Crippen LogP contribution >= 0.6 is 0 Å². The highest BCUT2D eigenvalue weighted by atomic mass is 16.2. The third-order valence-electron chi connectivity index (χ3n) is 3.56. The zero-order valence-corrected chi connectivity index (χ0v) is 11.5.